The number of hydrogen-bond donors (Lipinski definition) is 0. The van der Waals surface area contributed by atoms with Gasteiger partial charge in [-0.2, -0.15) is 39.5 Å². The molecule has 0 radical (unpaired) electrons. The van der Waals surface area contributed by atoms with E-state index in [0.29, 0.717) is 24.3 Å². The normalized spacial score (nSPS) is 17.5. The fourth-order valence-electron chi connectivity index (χ4n) is 3.31. The number of rotatable bonds is 10. The first-order chi connectivity index (χ1) is 14.2. The van der Waals surface area contributed by atoms with Gasteiger partial charge in [0.25, 0.3) is 0 Å². The summed E-state index contributed by atoms with van der Waals surface area (Å²) in [7, 11) is 0. The lowest BCUT2D eigenvalue weighted by Gasteiger charge is -2.37. The van der Waals surface area contributed by atoms with Crippen molar-refractivity contribution in [2.45, 2.75) is 75.8 Å². The van der Waals surface area contributed by atoms with E-state index in [4.69, 9.17) is 9.47 Å². The summed E-state index contributed by atoms with van der Waals surface area (Å²) in [5.74, 6) is -18.4. The number of alkyl halides is 9. The average molecular weight is 486 g/mol. The Kier molecular flexibility index (Phi) is 7.75. The molecule has 0 aromatic carbocycles. The van der Waals surface area contributed by atoms with Crippen LogP contribution in [0, 0.1) is 5.41 Å². The highest BCUT2D eigenvalue weighted by molar-refractivity contribution is 7.08. The molecule has 1 aromatic heterocycles. The molecule has 0 unspecified atom stereocenters. The zero-order valence-corrected chi connectivity index (χ0v) is 17.5. The van der Waals surface area contributed by atoms with Gasteiger partial charge in [0.1, 0.15) is 0 Å². The summed E-state index contributed by atoms with van der Waals surface area (Å²) in [4.78, 5) is 0. The van der Waals surface area contributed by atoms with E-state index in [2.05, 4.69) is 0 Å². The Morgan fingerprint density at radius 3 is 1.84 bits per heavy atom. The van der Waals surface area contributed by atoms with Crippen LogP contribution in [0.4, 0.5) is 39.5 Å². The lowest BCUT2D eigenvalue weighted by atomic mass is 9.78. The minimum Gasteiger partial charge on any atom is -0.488 e. The van der Waals surface area contributed by atoms with E-state index >= 15 is 0 Å². The third kappa shape index (κ3) is 5.36. The van der Waals surface area contributed by atoms with Crippen molar-refractivity contribution in [3.8, 4) is 11.5 Å². The van der Waals surface area contributed by atoms with Crippen LogP contribution in [-0.4, -0.2) is 37.2 Å². The molecule has 1 aliphatic heterocycles. The summed E-state index contributed by atoms with van der Waals surface area (Å²) >= 11 is 1.26. The number of thiophene rings is 1. The van der Waals surface area contributed by atoms with Crippen LogP contribution in [0.2, 0.25) is 0 Å². The third-order valence-corrected chi connectivity index (χ3v) is 6.10. The van der Waals surface area contributed by atoms with E-state index in [1.54, 1.807) is 10.8 Å². The molecule has 0 spiro atoms. The van der Waals surface area contributed by atoms with Crippen molar-refractivity contribution >= 4 is 11.3 Å². The molecule has 2 heterocycles. The third-order valence-electron chi connectivity index (χ3n) is 5.40. The molecule has 0 N–H and O–H groups in total. The second-order valence-corrected chi connectivity index (χ2v) is 8.58. The second-order valence-electron chi connectivity index (χ2n) is 7.84. The van der Waals surface area contributed by atoms with Gasteiger partial charge in [-0.1, -0.05) is 32.6 Å². The number of fused-ring (bicyclic) bond motifs is 1. The minimum absolute atomic E-state index is 0.206. The first-order valence-electron chi connectivity index (χ1n) is 9.71. The molecule has 2 rings (SSSR count). The van der Waals surface area contributed by atoms with Gasteiger partial charge in [-0.15, -0.1) is 11.3 Å². The molecule has 1 aromatic rings. The highest BCUT2D eigenvalue weighted by atomic mass is 32.1. The second kappa shape index (κ2) is 9.27. The van der Waals surface area contributed by atoms with Crippen LogP contribution in [0.15, 0.2) is 10.8 Å². The van der Waals surface area contributed by atoms with Crippen LogP contribution in [0.3, 0.4) is 0 Å². The van der Waals surface area contributed by atoms with Crippen molar-refractivity contribution in [3.63, 3.8) is 0 Å². The fourth-order valence-corrected chi connectivity index (χ4v) is 4.00. The maximum atomic E-state index is 14.1. The highest BCUT2D eigenvalue weighted by Gasteiger charge is 2.81. The number of hydrogen-bond acceptors (Lipinski definition) is 3. The van der Waals surface area contributed by atoms with Gasteiger partial charge in [-0.25, -0.2) is 0 Å². The van der Waals surface area contributed by atoms with Crippen molar-refractivity contribution in [2.75, 3.05) is 13.2 Å². The first kappa shape index (κ1) is 25.9. The molecule has 0 saturated heterocycles. The highest BCUT2D eigenvalue weighted by Crippen LogP contribution is 2.55. The van der Waals surface area contributed by atoms with Crippen LogP contribution in [-0.2, 0) is 0 Å². The van der Waals surface area contributed by atoms with E-state index < -0.39 is 42.2 Å². The van der Waals surface area contributed by atoms with Gasteiger partial charge in [-0.05, 0) is 12.8 Å². The molecule has 12 heteroatoms. The molecule has 0 amide bonds. The quantitative estimate of drug-likeness (QED) is 0.249. The molecule has 0 bridgehead atoms. The van der Waals surface area contributed by atoms with Crippen LogP contribution in [0.1, 0.15) is 51.9 Å². The molecule has 0 aliphatic carbocycles. The summed E-state index contributed by atoms with van der Waals surface area (Å²) in [6.07, 6.45) is -6.35. The molecule has 180 valence electrons. The topological polar surface area (TPSA) is 18.5 Å². The molecule has 1 aliphatic rings. The summed E-state index contributed by atoms with van der Waals surface area (Å²) in [6, 6.07) is 0. The smallest absolute Gasteiger partial charge is 0.460 e. The van der Waals surface area contributed by atoms with E-state index in [1.807, 2.05) is 6.92 Å². The van der Waals surface area contributed by atoms with E-state index in [1.165, 1.54) is 11.3 Å². The zero-order chi connectivity index (χ0) is 23.6. The minimum atomic E-state index is -6.88. The predicted octanol–water partition coefficient (Wildman–Crippen LogP) is 7.72. The van der Waals surface area contributed by atoms with Crippen molar-refractivity contribution in [2.24, 2.45) is 5.41 Å². The van der Waals surface area contributed by atoms with Crippen LogP contribution in [0.25, 0.3) is 0 Å². The first-order valence-corrected chi connectivity index (χ1v) is 10.7. The Morgan fingerprint density at radius 1 is 0.806 bits per heavy atom. The van der Waals surface area contributed by atoms with Crippen molar-refractivity contribution < 1.29 is 49.0 Å². The molecule has 2 nitrogen and oxygen atoms in total. The standard InChI is InChI=1S/C19H23F9O2S/c1-2-3-4-5-6-15(11-29-13-9-31-10-14(13)30-12-15)7-8-16(20,21)17(22,23)18(24,25)19(26,27)28/h9-10H,2-8,11-12H2,1H3. The van der Waals surface area contributed by atoms with Crippen LogP contribution in [0.5, 0.6) is 11.5 Å². The monoisotopic (exact) mass is 486 g/mol. The molecule has 0 saturated carbocycles. The number of unbranched alkanes of at least 4 members (excludes halogenated alkanes) is 3. The summed E-state index contributed by atoms with van der Waals surface area (Å²) in [5, 5.41) is 3.18. The van der Waals surface area contributed by atoms with Gasteiger partial charge in [0.15, 0.2) is 11.5 Å². The van der Waals surface area contributed by atoms with E-state index in [9.17, 15) is 39.5 Å². The maximum absolute atomic E-state index is 14.1. The molecule has 0 fully saturated rings. The number of ether oxygens (including phenoxy) is 2. The molecular formula is C19H23F9O2S. The van der Waals surface area contributed by atoms with Gasteiger partial charge in [0.05, 0.1) is 13.2 Å². The Labute approximate surface area is 177 Å². The Bertz CT molecular complexity index is 693. The summed E-state index contributed by atoms with van der Waals surface area (Å²) in [6.45, 7) is 1.52. The van der Waals surface area contributed by atoms with Crippen molar-refractivity contribution in [1.82, 2.24) is 0 Å². The fraction of sp³-hybridized carbons (Fsp3) is 0.789. The van der Waals surface area contributed by atoms with Crippen molar-refractivity contribution in [3.05, 3.63) is 10.8 Å². The van der Waals surface area contributed by atoms with Gasteiger partial charge in [0.2, 0.25) is 0 Å². The summed E-state index contributed by atoms with van der Waals surface area (Å²) in [5.41, 5.74) is -1.24. The van der Waals surface area contributed by atoms with Gasteiger partial charge >= 0.3 is 23.9 Å². The molecular weight excluding hydrogens is 463 g/mol. The maximum Gasteiger partial charge on any atom is 0.460 e. The molecule has 0 atom stereocenters. The molecule has 31 heavy (non-hydrogen) atoms. The van der Waals surface area contributed by atoms with E-state index in [0.717, 1.165) is 12.8 Å². The van der Waals surface area contributed by atoms with Gasteiger partial charge < -0.3 is 9.47 Å². The predicted molar refractivity (Wildman–Crippen MR) is 96.6 cm³/mol. The van der Waals surface area contributed by atoms with E-state index in [-0.39, 0.29) is 19.6 Å². The van der Waals surface area contributed by atoms with Crippen LogP contribution >= 0.6 is 11.3 Å². The lowest BCUT2D eigenvalue weighted by Crippen LogP contribution is -2.61. The Balaban J connectivity index is 2.19. The largest absolute Gasteiger partial charge is 0.488 e. The van der Waals surface area contributed by atoms with Gasteiger partial charge in [-0.3, -0.25) is 0 Å². The van der Waals surface area contributed by atoms with Crippen molar-refractivity contribution in [1.29, 1.82) is 0 Å². The Morgan fingerprint density at radius 2 is 1.35 bits per heavy atom. The lowest BCUT2D eigenvalue weighted by molar-refractivity contribution is -0.397. The van der Waals surface area contributed by atoms with Crippen LogP contribution < -0.4 is 9.47 Å². The summed E-state index contributed by atoms with van der Waals surface area (Å²) < 4.78 is 130. The SMILES string of the molecule is CCCCCCC1(CCC(F)(F)C(F)(F)C(F)(F)C(F)(F)F)COc2cscc2OC1. The average Bonchev–Trinajstić information content (AvgIpc) is 3.05. The van der Waals surface area contributed by atoms with Gasteiger partial charge in [0, 0.05) is 22.6 Å². The zero-order valence-electron chi connectivity index (χ0n) is 16.6. The number of halogens is 9. The Hall–Kier alpha value is -1.33.